The SMILES string of the molecule is C[C@]1(Br)C[C@@H]2C(c3ccc(O)cc3)C=C[C@H]2C1. The summed E-state index contributed by atoms with van der Waals surface area (Å²) in [7, 11) is 0. The van der Waals surface area contributed by atoms with E-state index < -0.39 is 0 Å². The van der Waals surface area contributed by atoms with Gasteiger partial charge in [0.15, 0.2) is 0 Å². The van der Waals surface area contributed by atoms with E-state index in [1.165, 1.54) is 18.4 Å². The molecule has 2 aliphatic rings. The van der Waals surface area contributed by atoms with Crippen molar-refractivity contribution in [3.8, 4) is 5.75 Å². The quantitative estimate of drug-likeness (QED) is 0.607. The van der Waals surface area contributed by atoms with Crippen LogP contribution in [0.3, 0.4) is 0 Å². The van der Waals surface area contributed by atoms with E-state index in [1.54, 1.807) is 12.1 Å². The maximum Gasteiger partial charge on any atom is 0.115 e. The highest BCUT2D eigenvalue weighted by atomic mass is 79.9. The van der Waals surface area contributed by atoms with E-state index in [1.807, 2.05) is 0 Å². The molecule has 1 aromatic carbocycles. The predicted octanol–water partition coefficient (Wildman–Crippen LogP) is 4.23. The minimum Gasteiger partial charge on any atom is -0.508 e. The van der Waals surface area contributed by atoms with E-state index in [2.05, 4.69) is 47.1 Å². The van der Waals surface area contributed by atoms with Crippen LogP contribution in [0.25, 0.3) is 0 Å². The Labute approximate surface area is 111 Å². The number of hydrogen-bond donors (Lipinski definition) is 1. The third kappa shape index (κ3) is 2.03. The molecule has 0 aliphatic heterocycles. The van der Waals surface area contributed by atoms with Gasteiger partial charge in [0.05, 0.1) is 0 Å². The zero-order valence-electron chi connectivity index (χ0n) is 9.94. The minimum atomic E-state index is 0.308. The third-order valence-electron chi connectivity index (χ3n) is 4.18. The first-order valence-electron chi connectivity index (χ1n) is 6.21. The van der Waals surface area contributed by atoms with Crippen molar-refractivity contribution in [3.05, 3.63) is 42.0 Å². The lowest BCUT2D eigenvalue weighted by Gasteiger charge is -2.20. The summed E-state index contributed by atoms with van der Waals surface area (Å²) in [4.78, 5) is 0. The average molecular weight is 293 g/mol. The molecule has 1 aromatic rings. The lowest BCUT2D eigenvalue weighted by Crippen LogP contribution is -2.12. The predicted molar refractivity (Wildman–Crippen MR) is 73.5 cm³/mol. The van der Waals surface area contributed by atoms with Gasteiger partial charge in [-0.1, -0.05) is 40.2 Å². The Morgan fingerprint density at radius 1 is 1.18 bits per heavy atom. The topological polar surface area (TPSA) is 20.2 Å². The number of halogens is 1. The number of hydrogen-bond acceptors (Lipinski definition) is 1. The first-order chi connectivity index (χ1) is 8.05. The lowest BCUT2D eigenvalue weighted by atomic mass is 9.85. The summed E-state index contributed by atoms with van der Waals surface area (Å²) in [6, 6.07) is 7.69. The molecule has 3 rings (SSSR count). The molecule has 0 amide bonds. The largest absolute Gasteiger partial charge is 0.508 e. The summed E-state index contributed by atoms with van der Waals surface area (Å²) < 4.78 is 0.308. The van der Waals surface area contributed by atoms with E-state index in [9.17, 15) is 5.11 Å². The van der Waals surface area contributed by atoms with Crippen molar-refractivity contribution in [2.45, 2.75) is 30.0 Å². The molecular weight excluding hydrogens is 276 g/mol. The molecule has 0 heterocycles. The van der Waals surface area contributed by atoms with Crippen LogP contribution >= 0.6 is 15.9 Å². The molecule has 0 saturated heterocycles. The molecule has 2 aliphatic carbocycles. The Morgan fingerprint density at radius 2 is 1.88 bits per heavy atom. The van der Waals surface area contributed by atoms with Crippen LogP contribution in [0.5, 0.6) is 5.75 Å². The summed E-state index contributed by atoms with van der Waals surface area (Å²) in [6.45, 7) is 2.30. The van der Waals surface area contributed by atoms with Crippen LogP contribution in [0, 0.1) is 11.8 Å². The van der Waals surface area contributed by atoms with Gasteiger partial charge in [0.2, 0.25) is 0 Å². The summed E-state index contributed by atoms with van der Waals surface area (Å²) in [5.41, 5.74) is 1.33. The summed E-state index contributed by atoms with van der Waals surface area (Å²) in [5, 5.41) is 9.34. The molecule has 90 valence electrons. The number of rotatable bonds is 1. The molecule has 2 heteroatoms. The van der Waals surface area contributed by atoms with Crippen LogP contribution < -0.4 is 0 Å². The van der Waals surface area contributed by atoms with Gasteiger partial charge in [-0.15, -0.1) is 0 Å². The van der Waals surface area contributed by atoms with Crippen LogP contribution in [0.4, 0.5) is 0 Å². The summed E-state index contributed by atoms with van der Waals surface area (Å²) >= 11 is 3.84. The molecule has 0 radical (unpaired) electrons. The molecule has 17 heavy (non-hydrogen) atoms. The van der Waals surface area contributed by atoms with Crippen LogP contribution in [0.15, 0.2) is 36.4 Å². The Kier molecular flexibility index (Phi) is 2.58. The number of allylic oxidation sites excluding steroid dienone is 2. The zero-order chi connectivity index (χ0) is 12.0. The van der Waals surface area contributed by atoms with Gasteiger partial charge in [-0.3, -0.25) is 0 Å². The molecule has 0 bridgehead atoms. The van der Waals surface area contributed by atoms with E-state index in [-0.39, 0.29) is 0 Å². The van der Waals surface area contributed by atoms with E-state index in [4.69, 9.17) is 0 Å². The smallest absolute Gasteiger partial charge is 0.115 e. The fourth-order valence-electron chi connectivity index (χ4n) is 3.43. The Bertz CT molecular complexity index is 446. The number of phenolic OH excluding ortho intramolecular Hbond substituents is 1. The molecule has 4 atom stereocenters. The van der Waals surface area contributed by atoms with Gasteiger partial charge >= 0.3 is 0 Å². The molecule has 1 unspecified atom stereocenters. The van der Waals surface area contributed by atoms with Crippen LogP contribution in [-0.4, -0.2) is 9.43 Å². The van der Waals surface area contributed by atoms with Gasteiger partial charge in [-0.2, -0.15) is 0 Å². The Hall–Kier alpha value is -0.760. The molecule has 1 nitrogen and oxygen atoms in total. The maximum absolute atomic E-state index is 9.34. The maximum atomic E-state index is 9.34. The monoisotopic (exact) mass is 292 g/mol. The lowest BCUT2D eigenvalue weighted by molar-refractivity contribution is 0.445. The van der Waals surface area contributed by atoms with Crippen molar-refractivity contribution in [1.82, 2.24) is 0 Å². The van der Waals surface area contributed by atoms with Crippen LogP contribution in [0.2, 0.25) is 0 Å². The molecule has 1 N–H and O–H groups in total. The first-order valence-corrected chi connectivity index (χ1v) is 7.01. The second-order valence-electron chi connectivity index (χ2n) is 5.65. The number of aromatic hydroxyl groups is 1. The van der Waals surface area contributed by atoms with Crippen molar-refractivity contribution in [2.24, 2.45) is 11.8 Å². The number of alkyl halides is 1. The Balaban J connectivity index is 1.86. The van der Waals surface area contributed by atoms with E-state index in [0.717, 1.165) is 11.8 Å². The molecular formula is C15H17BrO. The minimum absolute atomic E-state index is 0.308. The van der Waals surface area contributed by atoms with Crippen molar-refractivity contribution < 1.29 is 5.11 Å². The molecule has 0 aromatic heterocycles. The molecule has 1 saturated carbocycles. The van der Waals surface area contributed by atoms with Gasteiger partial charge in [0.25, 0.3) is 0 Å². The molecule has 0 spiro atoms. The second kappa shape index (κ2) is 3.88. The standard InChI is InChI=1S/C15H17BrO/c1-15(16)8-11-4-7-13(14(11)9-15)10-2-5-12(17)6-3-10/h2-7,11,13-14,17H,8-9H2,1H3/t11-,13?,14-,15+/m0/s1. The van der Waals surface area contributed by atoms with Crippen LogP contribution in [0.1, 0.15) is 31.2 Å². The second-order valence-corrected chi connectivity index (χ2v) is 7.57. The van der Waals surface area contributed by atoms with Crippen LogP contribution in [-0.2, 0) is 0 Å². The zero-order valence-corrected chi connectivity index (χ0v) is 11.5. The normalized spacial score (nSPS) is 39.5. The molecule has 1 fully saturated rings. The van der Waals surface area contributed by atoms with Crippen molar-refractivity contribution in [1.29, 1.82) is 0 Å². The number of phenols is 1. The average Bonchev–Trinajstić information content (AvgIpc) is 2.74. The summed E-state index contributed by atoms with van der Waals surface area (Å²) in [6.07, 6.45) is 7.21. The summed E-state index contributed by atoms with van der Waals surface area (Å²) in [5.74, 6) is 2.33. The number of fused-ring (bicyclic) bond motifs is 1. The van der Waals surface area contributed by atoms with Gasteiger partial charge < -0.3 is 5.11 Å². The van der Waals surface area contributed by atoms with Crippen molar-refractivity contribution in [2.75, 3.05) is 0 Å². The van der Waals surface area contributed by atoms with Crippen molar-refractivity contribution >= 4 is 15.9 Å². The third-order valence-corrected chi connectivity index (χ3v) is 4.82. The van der Waals surface area contributed by atoms with Gasteiger partial charge in [-0.25, -0.2) is 0 Å². The first kappa shape index (κ1) is 11.3. The fraction of sp³-hybridized carbons (Fsp3) is 0.467. The highest BCUT2D eigenvalue weighted by Crippen LogP contribution is 2.54. The van der Waals surface area contributed by atoms with E-state index >= 15 is 0 Å². The highest BCUT2D eigenvalue weighted by Gasteiger charge is 2.45. The van der Waals surface area contributed by atoms with Crippen molar-refractivity contribution in [3.63, 3.8) is 0 Å². The number of benzene rings is 1. The fourth-order valence-corrected chi connectivity index (χ4v) is 4.18. The van der Waals surface area contributed by atoms with Gasteiger partial charge in [0.1, 0.15) is 5.75 Å². The van der Waals surface area contributed by atoms with Gasteiger partial charge in [-0.05, 0) is 49.3 Å². The highest BCUT2D eigenvalue weighted by molar-refractivity contribution is 9.10. The van der Waals surface area contributed by atoms with Gasteiger partial charge in [0, 0.05) is 10.2 Å². The Morgan fingerprint density at radius 3 is 2.59 bits per heavy atom. The van der Waals surface area contributed by atoms with E-state index in [0.29, 0.717) is 16.0 Å².